The summed E-state index contributed by atoms with van der Waals surface area (Å²) < 4.78 is 5.40. The number of piperidine rings is 1. The molecular weight excluding hydrogens is 268 g/mol. The summed E-state index contributed by atoms with van der Waals surface area (Å²) in [7, 11) is 0. The molecule has 1 aliphatic heterocycles. The lowest BCUT2D eigenvalue weighted by molar-refractivity contribution is 0.0587. The second-order valence-corrected chi connectivity index (χ2v) is 5.47. The fraction of sp³-hybridized carbons (Fsp3) is 0.562. The van der Waals surface area contributed by atoms with Crippen molar-refractivity contribution < 1.29 is 14.6 Å². The van der Waals surface area contributed by atoms with Crippen LogP contribution in [-0.4, -0.2) is 41.3 Å². The molecule has 0 aromatic heterocycles. The van der Waals surface area contributed by atoms with Crippen LogP contribution in [0.15, 0.2) is 30.3 Å². The van der Waals surface area contributed by atoms with Gasteiger partial charge < -0.3 is 20.5 Å². The Morgan fingerprint density at radius 3 is 2.86 bits per heavy atom. The zero-order chi connectivity index (χ0) is 15.1. The third-order valence-electron chi connectivity index (χ3n) is 3.95. The number of ether oxygens (including phenoxy) is 1. The average molecular weight is 292 g/mol. The fourth-order valence-electron chi connectivity index (χ4n) is 2.77. The quantitative estimate of drug-likeness (QED) is 0.869. The van der Waals surface area contributed by atoms with Crippen LogP contribution in [0.1, 0.15) is 31.2 Å². The number of benzene rings is 1. The summed E-state index contributed by atoms with van der Waals surface area (Å²) in [5, 5.41) is 9.03. The first-order chi connectivity index (χ1) is 10.2. The Balaban J connectivity index is 1.92. The number of aliphatic hydroxyl groups is 1. The first kappa shape index (κ1) is 15.8. The predicted molar refractivity (Wildman–Crippen MR) is 80.7 cm³/mol. The Labute approximate surface area is 125 Å². The maximum Gasteiger partial charge on any atom is 0.410 e. The van der Waals surface area contributed by atoms with Gasteiger partial charge in [0.25, 0.3) is 0 Å². The number of nitrogens with two attached hydrogens (primary N) is 1. The Bertz CT molecular complexity index is 438. The van der Waals surface area contributed by atoms with E-state index in [4.69, 9.17) is 15.6 Å². The highest BCUT2D eigenvalue weighted by molar-refractivity contribution is 5.68. The van der Waals surface area contributed by atoms with Gasteiger partial charge >= 0.3 is 6.09 Å². The Hall–Kier alpha value is -1.59. The molecule has 21 heavy (non-hydrogen) atoms. The highest BCUT2D eigenvalue weighted by atomic mass is 16.6. The molecule has 5 nitrogen and oxygen atoms in total. The molecule has 1 saturated heterocycles. The van der Waals surface area contributed by atoms with Crippen molar-refractivity contribution >= 4 is 6.09 Å². The number of carbonyl (C=O) groups excluding carboxylic acids is 1. The normalized spacial score (nSPS) is 20.1. The van der Waals surface area contributed by atoms with E-state index in [0.29, 0.717) is 13.0 Å². The summed E-state index contributed by atoms with van der Waals surface area (Å²) in [6.45, 7) is 1.00. The van der Waals surface area contributed by atoms with Crippen LogP contribution >= 0.6 is 0 Å². The van der Waals surface area contributed by atoms with Crippen molar-refractivity contribution in [3.05, 3.63) is 35.9 Å². The van der Waals surface area contributed by atoms with Crippen LogP contribution in [0.5, 0.6) is 0 Å². The largest absolute Gasteiger partial charge is 0.445 e. The Morgan fingerprint density at radius 1 is 1.38 bits per heavy atom. The van der Waals surface area contributed by atoms with Gasteiger partial charge in [0.2, 0.25) is 0 Å². The van der Waals surface area contributed by atoms with Crippen LogP contribution in [0.4, 0.5) is 4.79 Å². The van der Waals surface area contributed by atoms with Crippen LogP contribution < -0.4 is 5.73 Å². The van der Waals surface area contributed by atoms with Gasteiger partial charge in [-0.3, -0.25) is 0 Å². The van der Waals surface area contributed by atoms with Gasteiger partial charge in [0.1, 0.15) is 6.61 Å². The molecule has 0 saturated carbocycles. The third kappa shape index (κ3) is 4.44. The monoisotopic (exact) mass is 292 g/mol. The van der Waals surface area contributed by atoms with Crippen LogP contribution in [0.3, 0.4) is 0 Å². The maximum atomic E-state index is 12.3. The van der Waals surface area contributed by atoms with Crippen LogP contribution in [0, 0.1) is 0 Å². The van der Waals surface area contributed by atoms with Crippen molar-refractivity contribution in [2.75, 3.05) is 13.2 Å². The van der Waals surface area contributed by atoms with Gasteiger partial charge in [0.05, 0.1) is 6.04 Å². The topological polar surface area (TPSA) is 75.8 Å². The second kappa shape index (κ2) is 8.00. The van der Waals surface area contributed by atoms with Gasteiger partial charge in [-0.2, -0.15) is 0 Å². The minimum Gasteiger partial charge on any atom is -0.445 e. The molecule has 1 fully saturated rings. The minimum atomic E-state index is -0.308. The molecule has 1 amide bonds. The molecule has 3 N–H and O–H groups in total. The molecule has 1 aromatic rings. The summed E-state index contributed by atoms with van der Waals surface area (Å²) in [6, 6.07) is 9.40. The van der Waals surface area contributed by atoms with Gasteiger partial charge in [-0.1, -0.05) is 30.3 Å². The van der Waals surface area contributed by atoms with Gasteiger partial charge in [0, 0.05) is 19.2 Å². The van der Waals surface area contributed by atoms with Crippen LogP contribution in [0.2, 0.25) is 0 Å². The molecule has 1 heterocycles. The molecule has 0 unspecified atom stereocenters. The number of nitrogens with zero attached hydrogens (tertiary/aromatic N) is 1. The maximum absolute atomic E-state index is 12.3. The van der Waals surface area contributed by atoms with E-state index < -0.39 is 0 Å². The van der Waals surface area contributed by atoms with Crippen molar-refractivity contribution in [1.82, 2.24) is 4.90 Å². The molecule has 0 aliphatic carbocycles. The van der Waals surface area contributed by atoms with E-state index in [2.05, 4.69) is 0 Å². The van der Waals surface area contributed by atoms with Crippen LogP contribution in [0.25, 0.3) is 0 Å². The highest BCUT2D eigenvalue weighted by Gasteiger charge is 2.31. The van der Waals surface area contributed by atoms with E-state index >= 15 is 0 Å². The average Bonchev–Trinajstić information content (AvgIpc) is 2.54. The van der Waals surface area contributed by atoms with E-state index in [1.165, 1.54) is 0 Å². The lowest BCUT2D eigenvalue weighted by atomic mass is 9.95. The fourth-order valence-corrected chi connectivity index (χ4v) is 2.77. The molecule has 116 valence electrons. The number of likely N-dealkylation sites (tertiary alicyclic amines) is 1. The SMILES string of the molecule is N[C@@H](CCO)[C@H]1CCCCN1C(=O)OCc1ccccc1. The van der Waals surface area contributed by atoms with E-state index in [1.54, 1.807) is 4.90 Å². The zero-order valence-electron chi connectivity index (χ0n) is 12.3. The molecule has 5 heteroatoms. The summed E-state index contributed by atoms with van der Waals surface area (Å²) in [5.74, 6) is 0. The molecule has 1 aromatic carbocycles. The third-order valence-corrected chi connectivity index (χ3v) is 3.95. The Morgan fingerprint density at radius 2 is 2.14 bits per heavy atom. The zero-order valence-corrected chi connectivity index (χ0v) is 12.3. The van der Waals surface area contributed by atoms with Gasteiger partial charge in [0.15, 0.2) is 0 Å². The van der Waals surface area contributed by atoms with Crippen molar-refractivity contribution in [2.45, 2.75) is 44.4 Å². The number of hydrogen-bond donors (Lipinski definition) is 2. The second-order valence-electron chi connectivity index (χ2n) is 5.47. The number of carbonyl (C=O) groups is 1. The smallest absolute Gasteiger partial charge is 0.410 e. The number of aliphatic hydroxyl groups excluding tert-OH is 1. The molecule has 2 atom stereocenters. The molecule has 1 aliphatic rings. The number of amides is 1. The lowest BCUT2D eigenvalue weighted by Crippen LogP contribution is -2.53. The molecular formula is C16H24N2O3. The van der Waals surface area contributed by atoms with Crippen LogP contribution in [-0.2, 0) is 11.3 Å². The van der Waals surface area contributed by atoms with Gasteiger partial charge in [-0.05, 0) is 31.2 Å². The molecule has 2 rings (SSSR count). The van der Waals surface area contributed by atoms with Gasteiger partial charge in [-0.15, -0.1) is 0 Å². The van der Waals surface area contributed by atoms with E-state index in [9.17, 15) is 4.79 Å². The van der Waals surface area contributed by atoms with E-state index in [0.717, 1.165) is 24.8 Å². The molecule has 0 spiro atoms. The van der Waals surface area contributed by atoms with Gasteiger partial charge in [-0.25, -0.2) is 4.79 Å². The summed E-state index contributed by atoms with van der Waals surface area (Å²) in [6.07, 6.45) is 3.11. The first-order valence-electron chi connectivity index (χ1n) is 7.56. The van der Waals surface area contributed by atoms with E-state index in [-0.39, 0.29) is 31.4 Å². The van der Waals surface area contributed by atoms with Crippen molar-refractivity contribution in [1.29, 1.82) is 0 Å². The number of rotatable bonds is 5. The standard InChI is InChI=1S/C16H24N2O3/c17-14(9-11-19)15-8-4-5-10-18(15)16(20)21-12-13-6-2-1-3-7-13/h1-3,6-7,14-15,19H,4-5,8-12,17H2/t14-,15+/m0/s1. The summed E-state index contributed by atoms with van der Waals surface area (Å²) in [5.41, 5.74) is 7.06. The van der Waals surface area contributed by atoms with E-state index in [1.807, 2.05) is 30.3 Å². The first-order valence-corrected chi connectivity index (χ1v) is 7.56. The predicted octanol–water partition coefficient (Wildman–Crippen LogP) is 1.89. The lowest BCUT2D eigenvalue weighted by Gasteiger charge is -2.38. The Kier molecular flexibility index (Phi) is 6.02. The van der Waals surface area contributed by atoms with Crippen molar-refractivity contribution in [2.24, 2.45) is 5.73 Å². The minimum absolute atomic E-state index is 0.0332. The highest BCUT2D eigenvalue weighted by Crippen LogP contribution is 2.21. The molecule has 0 radical (unpaired) electrons. The van der Waals surface area contributed by atoms with Crippen molar-refractivity contribution in [3.63, 3.8) is 0 Å². The summed E-state index contributed by atoms with van der Waals surface area (Å²) >= 11 is 0. The molecule has 0 bridgehead atoms. The number of hydrogen-bond acceptors (Lipinski definition) is 4. The summed E-state index contributed by atoms with van der Waals surface area (Å²) in [4.78, 5) is 14.0. The van der Waals surface area contributed by atoms with Crippen molar-refractivity contribution in [3.8, 4) is 0 Å².